The summed E-state index contributed by atoms with van der Waals surface area (Å²) in [6, 6.07) is 18.4. The van der Waals surface area contributed by atoms with Crippen molar-refractivity contribution >= 4 is 33.3 Å². The van der Waals surface area contributed by atoms with Gasteiger partial charge >= 0.3 is 0 Å². The summed E-state index contributed by atoms with van der Waals surface area (Å²) in [5.74, 6) is -0.921. The highest BCUT2D eigenvalue weighted by atomic mass is 19.1. The van der Waals surface area contributed by atoms with Gasteiger partial charge in [-0.2, -0.15) is 5.10 Å². The van der Waals surface area contributed by atoms with Crippen LogP contribution in [0.15, 0.2) is 75.9 Å². The van der Waals surface area contributed by atoms with E-state index < -0.39 is 11.7 Å². The normalized spacial score (nSPS) is 11.1. The highest BCUT2D eigenvalue weighted by Crippen LogP contribution is 2.28. The molecule has 0 aliphatic rings. The molecule has 7 nitrogen and oxygen atoms in total. The maximum atomic E-state index is 13.9. The van der Waals surface area contributed by atoms with Crippen LogP contribution < -0.4 is 15.6 Å². The van der Waals surface area contributed by atoms with E-state index in [-0.39, 0.29) is 22.7 Å². The highest BCUT2D eigenvalue weighted by molar-refractivity contribution is 6.05. The number of ether oxygens (including phenoxy) is 1. The number of aromatic amines is 1. The fourth-order valence-corrected chi connectivity index (χ4v) is 3.55. The van der Waals surface area contributed by atoms with Crippen molar-refractivity contribution in [3.05, 3.63) is 88.7 Å². The van der Waals surface area contributed by atoms with E-state index in [4.69, 9.17) is 9.15 Å². The zero-order valence-electron chi connectivity index (χ0n) is 16.8. The predicted octanol–water partition coefficient (Wildman–Crippen LogP) is 4.74. The molecule has 8 heteroatoms. The lowest BCUT2D eigenvalue weighted by atomic mass is 10.0. The second-order valence-electron chi connectivity index (χ2n) is 7.11. The summed E-state index contributed by atoms with van der Waals surface area (Å²) in [7, 11) is 1.37. The van der Waals surface area contributed by atoms with Crippen LogP contribution in [0.3, 0.4) is 0 Å². The number of nitrogens with zero attached hydrogens (tertiary/aromatic N) is 1. The van der Waals surface area contributed by atoms with E-state index >= 15 is 0 Å². The molecule has 0 saturated carbocycles. The first-order chi connectivity index (χ1) is 15.5. The molecule has 0 bridgehead atoms. The lowest BCUT2D eigenvalue weighted by Gasteiger charge is -2.07. The van der Waals surface area contributed by atoms with Gasteiger partial charge in [-0.3, -0.25) is 9.59 Å². The lowest BCUT2D eigenvalue weighted by Crippen LogP contribution is -2.11. The Hall–Kier alpha value is -4.46. The Morgan fingerprint density at radius 2 is 1.81 bits per heavy atom. The number of furan rings is 1. The molecular formula is C24H16FN3O4. The fourth-order valence-electron chi connectivity index (χ4n) is 3.55. The summed E-state index contributed by atoms with van der Waals surface area (Å²) in [4.78, 5) is 24.6. The van der Waals surface area contributed by atoms with Crippen molar-refractivity contribution < 1.29 is 18.3 Å². The van der Waals surface area contributed by atoms with Crippen molar-refractivity contribution in [2.24, 2.45) is 0 Å². The number of carbonyl (C=O) groups excluding carboxylic acids is 1. The van der Waals surface area contributed by atoms with E-state index in [9.17, 15) is 14.0 Å². The van der Waals surface area contributed by atoms with Gasteiger partial charge in [0.05, 0.1) is 18.2 Å². The molecule has 1 amide bonds. The van der Waals surface area contributed by atoms with Crippen LogP contribution in [0.25, 0.3) is 33.0 Å². The first-order valence-electron chi connectivity index (χ1n) is 9.70. The molecule has 3 aromatic carbocycles. The zero-order chi connectivity index (χ0) is 22.2. The minimum atomic E-state index is -0.569. The Morgan fingerprint density at radius 1 is 1.06 bits per heavy atom. The van der Waals surface area contributed by atoms with Gasteiger partial charge in [0.2, 0.25) is 0 Å². The van der Waals surface area contributed by atoms with Crippen LogP contribution in [0.4, 0.5) is 10.1 Å². The van der Waals surface area contributed by atoms with E-state index in [1.54, 1.807) is 36.4 Å². The largest absolute Gasteiger partial charge is 0.494 e. The number of H-pyrrole nitrogens is 1. The number of halogens is 1. The average Bonchev–Trinajstić information content (AvgIpc) is 3.22. The van der Waals surface area contributed by atoms with Crippen LogP contribution in [0.2, 0.25) is 0 Å². The summed E-state index contributed by atoms with van der Waals surface area (Å²) in [5, 5.41) is 11.3. The van der Waals surface area contributed by atoms with Crippen molar-refractivity contribution in [2.75, 3.05) is 12.4 Å². The number of nitrogens with one attached hydrogen (secondary N) is 2. The summed E-state index contributed by atoms with van der Waals surface area (Å²) in [6.45, 7) is 0. The molecule has 0 spiro atoms. The minimum absolute atomic E-state index is 0.0463. The zero-order valence-corrected chi connectivity index (χ0v) is 16.8. The van der Waals surface area contributed by atoms with E-state index in [1.807, 2.05) is 12.1 Å². The van der Waals surface area contributed by atoms with Crippen LogP contribution in [0.1, 0.15) is 10.6 Å². The van der Waals surface area contributed by atoms with Gasteiger partial charge in [0, 0.05) is 28.1 Å². The van der Waals surface area contributed by atoms with Gasteiger partial charge in [-0.15, -0.1) is 0 Å². The van der Waals surface area contributed by atoms with E-state index in [0.717, 1.165) is 10.9 Å². The SMILES string of the molecule is COc1cc2cc(C(=O)Nc3ccc(-c4n[nH]c(=O)c5ccccc45)cc3)oc2cc1F. The fraction of sp³-hybridized carbons (Fsp3) is 0.0417. The molecule has 5 aromatic rings. The summed E-state index contributed by atoms with van der Waals surface area (Å²) in [5.41, 5.74) is 1.95. The average molecular weight is 429 g/mol. The molecule has 0 saturated heterocycles. The topological polar surface area (TPSA) is 97.2 Å². The van der Waals surface area contributed by atoms with Crippen molar-refractivity contribution in [2.45, 2.75) is 0 Å². The first kappa shape index (κ1) is 19.5. The summed E-state index contributed by atoms with van der Waals surface area (Å²) < 4.78 is 24.3. The number of methoxy groups -OCH3 is 1. The maximum absolute atomic E-state index is 13.9. The van der Waals surface area contributed by atoms with Gasteiger partial charge in [0.1, 0.15) is 5.58 Å². The number of benzene rings is 3. The number of anilines is 1. The maximum Gasteiger partial charge on any atom is 0.291 e. The lowest BCUT2D eigenvalue weighted by molar-refractivity contribution is 0.0998. The van der Waals surface area contributed by atoms with Crippen LogP contribution in [0.5, 0.6) is 5.75 Å². The minimum Gasteiger partial charge on any atom is -0.494 e. The second kappa shape index (κ2) is 7.66. The Bertz CT molecular complexity index is 1540. The molecule has 2 aromatic heterocycles. The van der Waals surface area contributed by atoms with Gasteiger partial charge in [-0.1, -0.05) is 30.3 Å². The van der Waals surface area contributed by atoms with Gasteiger partial charge in [0.15, 0.2) is 17.3 Å². The third kappa shape index (κ3) is 3.37. The molecule has 5 rings (SSSR count). The number of fused-ring (bicyclic) bond motifs is 2. The van der Waals surface area contributed by atoms with Crippen molar-refractivity contribution in [1.82, 2.24) is 10.2 Å². The second-order valence-corrected chi connectivity index (χ2v) is 7.11. The van der Waals surface area contributed by atoms with Gasteiger partial charge in [-0.25, -0.2) is 9.49 Å². The third-order valence-electron chi connectivity index (χ3n) is 5.13. The molecule has 0 aliphatic heterocycles. The molecule has 0 atom stereocenters. The number of aromatic nitrogens is 2. The number of amides is 1. The van der Waals surface area contributed by atoms with Crippen LogP contribution in [-0.4, -0.2) is 23.2 Å². The smallest absolute Gasteiger partial charge is 0.291 e. The highest BCUT2D eigenvalue weighted by Gasteiger charge is 2.16. The van der Waals surface area contributed by atoms with Crippen LogP contribution in [0, 0.1) is 5.82 Å². The van der Waals surface area contributed by atoms with Crippen molar-refractivity contribution in [1.29, 1.82) is 0 Å². The van der Waals surface area contributed by atoms with E-state index in [2.05, 4.69) is 15.5 Å². The monoisotopic (exact) mass is 429 g/mol. The van der Waals surface area contributed by atoms with Crippen LogP contribution >= 0.6 is 0 Å². The first-order valence-corrected chi connectivity index (χ1v) is 9.70. The Kier molecular flexibility index (Phi) is 4.67. The third-order valence-corrected chi connectivity index (χ3v) is 5.13. The molecule has 0 fully saturated rings. The molecule has 2 heterocycles. The number of hydrogen-bond donors (Lipinski definition) is 2. The van der Waals surface area contributed by atoms with Gasteiger partial charge < -0.3 is 14.5 Å². The summed E-state index contributed by atoms with van der Waals surface area (Å²) >= 11 is 0. The molecule has 32 heavy (non-hydrogen) atoms. The van der Waals surface area contributed by atoms with E-state index in [0.29, 0.717) is 22.2 Å². The molecule has 158 valence electrons. The standard InChI is InChI=1S/C24H16FN3O4/c1-31-20-10-14-11-21(32-19(14)12-18(20)25)24(30)26-15-8-6-13(7-9-15)22-16-4-2-3-5-17(16)23(29)28-27-22/h2-12H,1H3,(H,26,30)(H,28,29). The predicted molar refractivity (Wildman–Crippen MR) is 118 cm³/mol. The van der Waals surface area contributed by atoms with Crippen LogP contribution in [-0.2, 0) is 0 Å². The van der Waals surface area contributed by atoms with Gasteiger partial charge in [-0.05, 0) is 30.3 Å². The quantitative estimate of drug-likeness (QED) is 0.430. The molecule has 0 aliphatic carbocycles. The number of carbonyl (C=O) groups is 1. The number of rotatable bonds is 4. The van der Waals surface area contributed by atoms with Gasteiger partial charge in [0.25, 0.3) is 11.5 Å². The Labute approximate surface area is 180 Å². The molecule has 2 N–H and O–H groups in total. The Morgan fingerprint density at radius 3 is 2.56 bits per heavy atom. The van der Waals surface area contributed by atoms with Crippen molar-refractivity contribution in [3.8, 4) is 17.0 Å². The molecule has 0 unspecified atom stereocenters. The molecule has 0 radical (unpaired) electrons. The van der Waals surface area contributed by atoms with Crippen molar-refractivity contribution in [3.63, 3.8) is 0 Å². The summed E-state index contributed by atoms with van der Waals surface area (Å²) in [6.07, 6.45) is 0. The van der Waals surface area contributed by atoms with E-state index in [1.165, 1.54) is 25.3 Å². The molecular weight excluding hydrogens is 413 g/mol. The number of hydrogen-bond acceptors (Lipinski definition) is 5. The Balaban J connectivity index is 1.41.